The van der Waals surface area contributed by atoms with Crippen LogP contribution in [0.3, 0.4) is 0 Å². The van der Waals surface area contributed by atoms with Gasteiger partial charge in [0.2, 0.25) is 0 Å². The van der Waals surface area contributed by atoms with Crippen molar-refractivity contribution in [2.45, 2.75) is 45.6 Å². The average molecular weight is 220 g/mol. The van der Waals surface area contributed by atoms with Crippen LogP contribution in [0.4, 0.5) is 0 Å². The molecule has 0 amide bonds. The summed E-state index contributed by atoms with van der Waals surface area (Å²) in [6, 6.07) is 0. The Hall–Kier alpha value is -1.05. The summed E-state index contributed by atoms with van der Waals surface area (Å²) < 4.78 is 5.21. The third-order valence-corrected chi connectivity index (χ3v) is 3.63. The van der Waals surface area contributed by atoms with Crippen molar-refractivity contribution in [1.82, 2.24) is 0 Å². The van der Waals surface area contributed by atoms with E-state index in [4.69, 9.17) is 4.74 Å². The van der Waals surface area contributed by atoms with Gasteiger partial charge in [-0.05, 0) is 37.2 Å². The molecule has 2 nitrogen and oxygen atoms in total. The number of rotatable bonds is 2. The first-order valence-electron chi connectivity index (χ1n) is 6.24. The van der Waals surface area contributed by atoms with Crippen molar-refractivity contribution >= 4 is 5.97 Å². The molecule has 16 heavy (non-hydrogen) atoms. The summed E-state index contributed by atoms with van der Waals surface area (Å²) in [5.74, 6) is 1.20. The summed E-state index contributed by atoms with van der Waals surface area (Å²) in [6.45, 7) is 3.41. The molecule has 0 bridgehead atoms. The topological polar surface area (TPSA) is 26.3 Å². The standard InChI is InChI=1S/C14H20O2/c1-10(16-11(2)15)13-8-7-12-5-3-4-6-14(12)9-13/h7-10,12,14H,3-6H2,1-2H3. The van der Waals surface area contributed by atoms with E-state index < -0.39 is 0 Å². The Labute approximate surface area is 97.4 Å². The van der Waals surface area contributed by atoms with Gasteiger partial charge in [-0.2, -0.15) is 0 Å². The highest BCUT2D eigenvalue weighted by Crippen LogP contribution is 2.36. The SMILES string of the molecule is CC(=O)OC(C)C1=CC2CCCCC2C=C1. The number of hydrogen-bond donors (Lipinski definition) is 0. The zero-order valence-corrected chi connectivity index (χ0v) is 10.1. The van der Waals surface area contributed by atoms with E-state index in [1.807, 2.05) is 6.92 Å². The van der Waals surface area contributed by atoms with Gasteiger partial charge in [0.15, 0.2) is 0 Å². The highest BCUT2D eigenvalue weighted by molar-refractivity contribution is 5.66. The second-order valence-electron chi connectivity index (χ2n) is 4.89. The van der Waals surface area contributed by atoms with Gasteiger partial charge in [-0.1, -0.05) is 31.1 Å². The molecule has 2 heteroatoms. The average Bonchev–Trinajstić information content (AvgIpc) is 2.27. The van der Waals surface area contributed by atoms with Gasteiger partial charge in [-0.3, -0.25) is 4.79 Å². The summed E-state index contributed by atoms with van der Waals surface area (Å²) in [5, 5.41) is 0. The predicted octanol–water partition coefficient (Wildman–Crippen LogP) is 3.24. The molecular weight excluding hydrogens is 200 g/mol. The van der Waals surface area contributed by atoms with E-state index in [2.05, 4.69) is 18.2 Å². The first-order chi connectivity index (χ1) is 7.66. The zero-order valence-electron chi connectivity index (χ0n) is 10.1. The summed E-state index contributed by atoms with van der Waals surface area (Å²) in [7, 11) is 0. The summed E-state index contributed by atoms with van der Waals surface area (Å²) in [5.41, 5.74) is 1.17. The molecule has 0 aliphatic heterocycles. The van der Waals surface area contributed by atoms with Gasteiger partial charge in [-0.15, -0.1) is 0 Å². The number of allylic oxidation sites excluding steroid dienone is 2. The van der Waals surface area contributed by atoms with Gasteiger partial charge in [0.1, 0.15) is 6.10 Å². The number of esters is 1. The van der Waals surface area contributed by atoms with Crippen molar-refractivity contribution in [3.63, 3.8) is 0 Å². The van der Waals surface area contributed by atoms with Crippen molar-refractivity contribution in [2.24, 2.45) is 11.8 Å². The molecule has 0 radical (unpaired) electrons. The Morgan fingerprint density at radius 1 is 1.38 bits per heavy atom. The Kier molecular flexibility index (Phi) is 3.47. The van der Waals surface area contributed by atoms with Crippen LogP contribution >= 0.6 is 0 Å². The fourth-order valence-corrected chi connectivity index (χ4v) is 2.76. The molecule has 0 aromatic carbocycles. The minimum Gasteiger partial charge on any atom is -0.458 e. The van der Waals surface area contributed by atoms with E-state index in [0.29, 0.717) is 5.92 Å². The second kappa shape index (κ2) is 4.86. The largest absolute Gasteiger partial charge is 0.458 e. The molecule has 2 rings (SSSR count). The number of carbonyl (C=O) groups is 1. The third-order valence-electron chi connectivity index (χ3n) is 3.63. The lowest BCUT2D eigenvalue weighted by Gasteiger charge is -2.31. The molecule has 0 heterocycles. The Bertz CT molecular complexity index is 328. The van der Waals surface area contributed by atoms with Gasteiger partial charge in [0.25, 0.3) is 0 Å². The molecule has 1 fully saturated rings. The van der Waals surface area contributed by atoms with Crippen LogP contribution in [0.1, 0.15) is 39.5 Å². The molecule has 0 aromatic heterocycles. The van der Waals surface area contributed by atoms with Crippen molar-refractivity contribution in [1.29, 1.82) is 0 Å². The quantitative estimate of drug-likeness (QED) is 0.668. The third kappa shape index (κ3) is 2.55. The number of ether oxygens (including phenoxy) is 1. The second-order valence-corrected chi connectivity index (χ2v) is 4.89. The molecule has 3 unspecified atom stereocenters. The summed E-state index contributed by atoms with van der Waals surface area (Å²) >= 11 is 0. The first-order valence-corrected chi connectivity index (χ1v) is 6.24. The maximum atomic E-state index is 10.9. The van der Waals surface area contributed by atoms with Gasteiger partial charge >= 0.3 is 5.97 Å². The van der Waals surface area contributed by atoms with Crippen molar-refractivity contribution < 1.29 is 9.53 Å². The molecule has 88 valence electrons. The van der Waals surface area contributed by atoms with Crippen molar-refractivity contribution in [3.05, 3.63) is 23.8 Å². The van der Waals surface area contributed by atoms with Gasteiger partial charge in [0.05, 0.1) is 0 Å². The normalized spacial score (nSPS) is 30.2. The highest BCUT2D eigenvalue weighted by atomic mass is 16.5. The Morgan fingerprint density at radius 3 is 2.75 bits per heavy atom. The molecule has 0 aromatic rings. The van der Waals surface area contributed by atoms with Gasteiger partial charge < -0.3 is 4.74 Å². The first kappa shape index (κ1) is 11.4. The smallest absolute Gasteiger partial charge is 0.303 e. The molecule has 2 aliphatic carbocycles. The molecule has 0 spiro atoms. The van der Waals surface area contributed by atoms with E-state index in [0.717, 1.165) is 5.92 Å². The van der Waals surface area contributed by atoms with E-state index in [1.165, 1.54) is 38.2 Å². The Balaban J connectivity index is 2.03. The Morgan fingerprint density at radius 2 is 2.06 bits per heavy atom. The fourth-order valence-electron chi connectivity index (χ4n) is 2.76. The van der Waals surface area contributed by atoms with Crippen LogP contribution in [-0.4, -0.2) is 12.1 Å². The monoisotopic (exact) mass is 220 g/mol. The minimum absolute atomic E-state index is 0.100. The fraction of sp³-hybridized carbons (Fsp3) is 0.643. The lowest BCUT2D eigenvalue weighted by Crippen LogP contribution is -2.22. The highest BCUT2D eigenvalue weighted by Gasteiger charge is 2.25. The molecular formula is C14H20O2. The molecule has 2 aliphatic rings. The zero-order chi connectivity index (χ0) is 11.5. The van der Waals surface area contributed by atoms with E-state index in [-0.39, 0.29) is 12.1 Å². The summed E-state index contributed by atoms with van der Waals surface area (Å²) in [6.07, 6.45) is 11.9. The van der Waals surface area contributed by atoms with Crippen molar-refractivity contribution in [3.8, 4) is 0 Å². The van der Waals surface area contributed by atoms with Gasteiger partial charge in [0, 0.05) is 6.92 Å². The van der Waals surface area contributed by atoms with Crippen LogP contribution in [0.25, 0.3) is 0 Å². The molecule has 3 atom stereocenters. The van der Waals surface area contributed by atoms with Crippen molar-refractivity contribution in [2.75, 3.05) is 0 Å². The number of hydrogen-bond acceptors (Lipinski definition) is 2. The maximum absolute atomic E-state index is 10.9. The van der Waals surface area contributed by atoms with Crippen LogP contribution in [-0.2, 0) is 9.53 Å². The van der Waals surface area contributed by atoms with Crippen LogP contribution in [0.15, 0.2) is 23.8 Å². The van der Waals surface area contributed by atoms with E-state index in [9.17, 15) is 4.79 Å². The lowest BCUT2D eigenvalue weighted by atomic mass is 9.75. The summed E-state index contributed by atoms with van der Waals surface area (Å²) in [4.78, 5) is 10.9. The van der Waals surface area contributed by atoms with Crippen LogP contribution < -0.4 is 0 Å². The lowest BCUT2D eigenvalue weighted by molar-refractivity contribution is -0.143. The maximum Gasteiger partial charge on any atom is 0.303 e. The van der Waals surface area contributed by atoms with Crippen LogP contribution in [0.5, 0.6) is 0 Å². The predicted molar refractivity (Wildman–Crippen MR) is 63.9 cm³/mol. The number of carbonyl (C=O) groups excluding carboxylic acids is 1. The van der Waals surface area contributed by atoms with E-state index in [1.54, 1.807) is 0 Å². The molecule has 0 saturated heterocycles. The molecule has 1 saturated carbocycles. The molecule has 0 N–H and O–H groups in total. The number of fused-ring (bicyclic) bond motifs is 1. The minimum atomic E-state index is -0.201. The van der Waals surface area contributed by atoms with E-state index >= 15 is 0 Å². The van der Waals surface area contributed by atoms with Crippen LogP contribution in [0, 0.1) is 11.8 Å². The van der Waals surface area contributed by atoms with Crippen LogP contribution in [0.2, 0.25) is 0 Å². The van der Waals surface area contributed by atoms with Gasteiger partial charge in [-0.25, -0.2) is 0 Å².